The third kappa shape index (κ3) is 3.39. The van der Waals surface area contributed by atoms with E-state index in [9.17, 15) is 18.0 Å². The molecule has 1 saturated heterocycles. The predicted molar refractivity (Wildman–Crippen MR) is 68.6 cm³/mol. The molecule has 108 valence electrons. The monoisotopic (exact) mass is 284 g/mol. The molecule has 0 unspecified atom stereocenters. The lowest BCUT2D eigenvalue weighted by molar-refractivity contribution is -0.137. The van der Waals surface area contributed by atoms with Gasteiger partial charge in [0, 0.05) is 19.6 Å². The van der Waals surface area contributed by atoms with Crippen LogP contribution in [0.3, 0.4) is 0 Å². The SMILES string of the molecule is C=CC(=O)N1CCN(Cc2ccc(C(F)(F)F)cc2)C1. The van der Waals surface area contributed by atoms with E-state index in [1.54, 1.807) is 4.90 Å². The minimum absolute atomic E-state index is 0.125. The van der Waals surface area contributed by atoms with Gasteiger partial charge in [0.15, 0.2) is 0 Å². The second-order valence-corrected chi connectivity index (χ2v) is 4.69. The van der Waals surface area contributed by atoms with Crippen molar-refractivity contribution in [2.75, 3.05) is 19.8 Å². The van der Waals surface area contributed by atoms with Crippen LogP contribution >= 0.6 is 0 Å². The fourth-order valence-electron chi connectivity index (χ4n) is 2.14. The molecule has 0 radical (unpaired) electrons. The third-order valence-corrected chi connectivity index (χ3v) is 3.23. The Morgan fingerprint density at radius 2 is 1.90 bits per heavy atom. The summed E-state index contributed by atoms with van der Waals surface area (Å²) >= 11 is 0. The molecule has 0 bridgehead atoms. The molecule has 0 aliphatic carbocycles. The molecule has 6 heteroatoms. The van der Waals surface area contributed by atoms with Crippen LogP contribution in [-0.4, -0.2) is 35.5 Å². The number of hydrogen-bond donors (Lipinski definition) is 0. The van der Waals surface area contributed by atoms with Crippen LogP contribution in [0.5, 0.6) is 0 Å². The molecule has 1 fully saturated rings. The maximum Gasteiger partial charge on any atom is 0.416 e. The van der Waals surface area contributed by atoms with Gasteiger partial charge in [0.25, 0.3) is 0 Å². The zero-order chi connectivity index (χ0) is 14.8. The molecule has 1 aromatic rings. The molecule has 0 saturated carbocycles. The number of amides is 1. The molecule has 1 aliphatic rings. The maximum absolute atomic E-state index is 12.4. The van der Waals surface area contributed by atoms with Gasteiger partial charge in [-0.25, -0.2) is 0 Å². The summed E-state index contributed by atoms with van der Waals surface area (Å²) in [6.07, 6.45) is -3.04. The predicted octanol–water partition coefficient (Wildman–Crippen LogP) is 2.49. The molecule has 0 spiro atoms. The molecule has 0 atom stereocenters. The van der Waals surface area contributed by atoms with Crippen molar-refractivity contribution in [1.82, 2.24) is 9.80 Å². The number of carbonyl (C=O) groups is 1. The molecule has 20 heavy (non-hydrogen) atoms. The molecule has 1 amide bonds. The number of nitrogens with zero attached hydrogens (tertiary/aromatic N) is 2. The summed E-state index contributed by atoms with van der Waals surface area (Å²) in [5.74, 6) is -0.125. The van der Waals surface area contributed by atoms with Gasteiger partial charge in [-0.3, -0.25) is 9.69 Å². The van der Waals surface area contributed by atoms with Crippen molar-refractivity contribution in [3.63, 3.8) is 0 Å². The molecule has 1 heterocycles. The lowest BCUT2D eigenvalue weighted by atomic mass is 10.1. The standard InChI is InChI=1S/C14H15F3N2O/c1-2-13(20)19-8-7-18(10-19)9-11-3-5-12(6-4-11)14(15,16)17/h2-6H,1,7-10H2. The van der Waals surface area contributed by atoms with E-state index in [1.165, 1.54) is 18.2 Å². The molecule has 1 aromatic carbocycles. The molecule has 2 rings (SSSR count). The van der Waals surface area contributed by atoms with Crippen LogP contribution in [-0.2, 0) is 17.5 Å². The van der Waals surface area contributed by atoms with Gasteiger partial charge in [-0.05, 0) is 23.8 Å². The van der Waals surface area contributed by atoms with Gasteiger partial charge in [-0.1, -0.05) is 18.7 Å². The van der Waals surface area contributed by atoms with Gasteiger partial charge in [0.05, 0.1) is 12.2 Å². The molecule has 1 aliphatic heterocycles. The summed E-state index contributed by atoms with van der Waals surface area (Å²) in [5, 5.41) is 0. The first-order chi connectivity index (χ1) is 9.40. The quantitative estimate of drug-likeness (QED) is 0.796. The van der Waals surface area contributed by atoms with Gasteiger partial charge >= 0.3 is 6.18 Å². The van der Waals surface area contributed by atoms with Gasteiger partial charge in [0.1, 0.15) is 0 Å². The summed E-state index contributed by atoms with van der Waals surface area (Å²) in [4.78, 5) is 15.1. The van der Waals surface area contributed by atoms with Crippen molar-refractivity contribution in [2.24, 2.45) is 0 Å². The van der Waals surface area contributed by atoms with Crippen molar-refractivity contribution < 1.29 is 18.0 Å². The number of hydrogen-bond acceptors (Lipinski definition) is 2. The Kier molecular flexibility index (Phi) is 4.13. The van der Waals surface area contributed by atoms with Crippen molar-refractivity contribution in [1.29, 1.82) is 0 Å². The molecule has 0 N–H and O–H groups in total. The fraction of sp³-hybridized carbons (Fsp3) is 0.357. The summed E-state index contributed by atoms with van der Waals surface area (Å²) in [7, 11) is 0. The van der Waals surface area contributed by atoms with E-state index in [0.29, 0.717) is 26.3 Å². The average molecular weight is 284 g/mol. The molecule has 3 nitrogen and oxygen atoms in total. The van der Waals surface area contributed by atoms with Gasteiger partial charge in [-0.15, -0.1) is 0 Å². The van der Waals surface area contributed by atoms with Crippen LogP contribution in [0.1, 0.15) is 11.1 Å². The molecule has 0 aromatic heterocycles. The lowest BCUT2D eigenvalue weighted by Crippen LogP contribution is -2.29. The first-order valence-electron chi connectivity index (χ1n) is 6.20. The second-order valence-electron chi connectivity index (χ2n) is 4.69. The van der Waals surface area contributed by atoms with E-state index >= 15 is 0 Å². The summed E-state index contributed by atoms with van der Waals surface area (Å²) < 4.78 is 37.3. The van der Waals surface area contributed by atoms with Crippen molar-refractivity contribution in [2.45, 2.75) is 12.7 Å². The number of alkyl halides is 3. The Morgan fingerprint density at radius 1 is 1.25 bits per heavy atom. The van der Waals surface area contributed by atoms with Crippen LogP contribution in [0, 0.1) is 0 Å². The van der Waals surface area contributed by atoms with E-state index in [1.807, 2.05) is 4.90 Å². The minimum Gasteiger partial charge on any atom is -0.325 e. The van der Waals surface area contributed by atoms with E-state index in [4.69, 9.17) is 0 Å². The van der Waals surface area contributed by atoms with Gasteiger partial charge < -0.3 is 4.90 Å². The Hall–Kier alpha value is -1.82. The van der Waals surface area contributed by atoms with Crippen molar-refractivity contribution in [3.05, 3.63) is 48.0 Å². The van der Waals surface area contributed by atoms with E-state index in [2.05, 4.69) is 6.58 Å². The Labute approximate surface area is 115 Å². The first kappa shape index (κ1) is 14.6. The molecular weight excluding hydrogens is 269 g/mol. The van der Waals surface area contributed by atoms with Crippen molar-refractivity contribution in [3.8, 4) is 0 Å². The highest BCUT2D eigenvalue weighted by atomic mass is 19.4. The highest BCUT2D eigenvalue weighted by Crippen LogP contribution is 2.29. The number of halogens is 3. The Balaban J connectivity index is 1.95. The topological polar surface area (TPSA) is 23.6 Å². The number of carbonyl (C=O) groups excluding carboxylic acids is 1. The van der Waals surface area contributed by atoms with Crippen LogP contribution in [0.15, 0.2) is 36.9 Å². The van der Waals surface area contributed by atoms with Crippen molar-refractivity contribution >= 4 is 5.91 Å². The molecular formula is C14H15F3N2O. The Morgan fingerprint density at radius 3 is 2.45 bits per heavy atom. The largest absolute Gasteiger partial charge is 0.416 e. The van der Waals surface area contributed by atoms with E-state index < -0.39 is 11.7 Å². The highest BCUT2D eigenvalue weighted by Gasteiger charge is 2.30. The summed E-state index contributed by atoms with van der Waals surface area (Å²) in [6.45, 7) is 5.76. The van der Waals surface area contributed by atoms with Gasteiger partial charge in [-0.2, -0.15) is 13.2 Å². The van der Waals surface area contributed by atoms with Crippen LogP contribution < -0.4 is 0 Å². The smallest absolute Gasteiger partial charge is 0.325 e. The minimum atomic E-state index is -4.31. The van der Waals surface area contributed by atoms with Crippen LogP contribution in [0.4, 0.5) is 13.2 Å². The van der Waals surface area contributed by atoms with E-state index in [0.717, 1.165) is 17.7 Å². The normalized spacial score (nSPS) is 16.4. The average Bonchev–Trinajstić information content (AvgIpc) is 2.86. The van der Waals surface area contributed by atoms with Crippen LogP contribution in [0.25, 0.3) is 0 Å². The fourth-order valence-corrected chi connectivity index (χ4v) is 2.14. The summed E-state index contributed by atoms with van der Waals surface area (Å²) in [6, 6.07) is 5.11. The van der Waals surface area contributed by atoms with E-state index in [-0.39, 0.29) is 5.91 Å². The first-order valence-corrected chi connectivity index (χ1v) is 6.20. The zero-order valence-corrected chi connectivity index (χ0v) is 10.9. The second kappa shape index (κ2) is 5.66. The number of benzene rings is 1. The highest BCUT2D eigenvalue weighted by molar-refractivity contribution is 5.87. The summed E-state index contributed by atoms with van der Waals surface area (Å²) in [5.41, 5.74) is 0.150. The van der Waals surface area contributed by atoms with Gasteiger partial charge in [0.2, 0.25) is 5.91 Å². The number of rotatable bonds is 3. The van der Waals surface area contributed by atoms with Crippen LogP contribution in [0.2, 0.25) is 0 Å². The Bertz CT molecular complexity index is 496. The zero-order valence-electron chi connectivity index (χ0n) is 10.9. The maximum atomic E-state index is 12.4. The third-order valence-electron chi connectivity index (χ3n) is 3.23. The lowest BCUT2D eigenvalue weighted by Gasteiger charge is -2.17.